The maximum Gasteiger partial charge on any atom is 0.240 e. The van der Waals surface area contributed by atoms with Crippen LogP contribution in [0.3, 0.4) is 0 Å². The van der Waals surface area contributed by atoms with Gasteiger partial charge in [0.1, 0.15) is 11.6 Å². The van der Waals surface area contributed by atoms with Gasteiger partial charge in [-0.2, -0.15) is 4.98 Å². The van der Waals surface area contributed by atoms with E-state index in [1.807, 2.05) is 18.2 Å². The van der Waals surface area contributed by atoms with E-state index in [-0.39, 0.29) is 24.8 Å². The fourth-order valence-corrected chi connectivity index (χ4v) is 2.67. The first kappa shape index (κ1) is 21.8. The topological polar surface area (TPSA) is 77.4 Å². The summed E-state index contributed by atoms with van der Waals surface area (Å²) >= 11 is 0. The summed E-state index contributed by atoms with van der Waals surface area (Å²) in [6.45, 7) is 2.86. The Morgan fingerprint density at radius 2 is 1.79 bits per heavy atom. The number of halogens is 2. The lowest BCUT2D eigenvalue weighted by molar-refractivity contribution is 0.232. The van der Waals surface area contributed by atoms with Crippen molar-refractivity contribution in [2.24, 2.45) is 5.73 Å². The number of hydrogen-bond acceptors (Lipinski definition) is 6. The molecule has 28 heavy (non-hydrogen) atoms. The van der Waals surface area contributed by atoms with Gasteiger partial charge in [-0.1, -0.05) is 35.5 Å². The van der Waals surface area contributed by atoms with Gasteiger partial charge >= 0.3 is 0 Å². The average molecular weight is 407 g/mol. The highest BCUT2D eigenvalue weighted by atomic mass is 35.5. The van der Waals surface area contributed by atoms with Gasteiger partial charge in [0.05, 0.1) is 6.54 Å². The molecule has 0 spiro atoms. The Kier molecular flexibility index (Phi) is 8.87. The van der Waals surface area contributed by atoms with Crippen LogP contribution < -0.4 is 10.5 Å². The summed E-state index contributed by atoms with van der Waals surface area (Å²) in [5, 5.41) is 3.94. The minimum atomic E-state index is -0.306. The number of rotatable bonds is 10. The van der Waals surface area contributed by atoms with Crippen molar-refractivity contribution in [2.45, 2.75) is 19.6 Å². The van der Waals surface area contributed by atoms with Crippen molar-refractivity contribution < 1.29 is 13.7 Å². The Balaban J connectivity index is 0.00000280. The number of hydrogen-bond donors (Lipinski definition) is 1. The number of ether oxygens (including phenoxy) is 1. The van der Waals surface area contributed by atoms with Crippen molar-refractivity contribution in [3.8, 4) is 5.75 Å². The molecule has 0 fully saturated rings. The summed E-state index contributed by atoms with van der Waals surface area (Å²) in [5.74, 6) is 1.22. The first-order chi connectivity index (χ1) is 13.2. The third-order valence-corrected chi connectivity index (χ3v) is 4.06. The van der Waals surface area contributed by atoms with E-state index < -0.39 is 0 Å². The molecule has 1 heterocycles. The molecule has 3 aromatic rings. The van der Waals surface area contributed by atoms with Crippen LogP contribution in [0.2, 0.25) is 0 Å². The Morgan fingerprint density at radius 3 is 2.50 bits per heavy atom. The van der Waals surface area contributed by atoms with Gasteiger partial charge in [-0.15, -0.1) is 12.4 Å². The van der Waals surface area contributed by atoms with Crippen LogP contribution in [0.4, 0.5) is 4.39 Å². The highest BCUT2D eigenvalue weighted by Gasteiger charge is 2.12. The minimum Gasteiger partial charge on any atom is -0.485 e. The Bertz CT molecular complexity index is 815. The predicted octanol–water partition coefficient (Wildman–Crippen LogP) is 3.21. The molecule has 0 atom stereocenters. The van der Waals surface area contributed by atoms with Gasteiger partial charge in [0.25, 0.3) is 0 Å². The molecule has 0 aliphatic rings. The molecule has 0 saturated carbocycles. The maximum atomic E-state index is 12.9. The molecular formula is C20H24ClFN4O2. The molecule has 150 valence electrons. The van der Waals surface area contributed by atoms with Crippen LogP contribution in [-0.4, -0.2) is 34.7 Å². The molecule has 0 saturated heterocycles. The molecule has 0 amide bonds. The van der Waals surface area contributed by atoms with Crippen LogP contribution in [0, 0.1) is 5.82 Å². The van der Waals surface area contributed by atoms with Crippen molar-refractivity contribution >= 4 is 12.4 Å². The minimum absolute atomic E-state index is 0. The highest BCUT2D eigenvalue weighted by molar-refractivity contribution is 5.85. The summed E-state index contributed by atoms with van der Waals surface area (Å²) in [5.41, 5.74) is 7.00. The van der Waals surface area contributed by atoms with Crippen molar-refractivity contribution in [1.82, 2.24) is 15.0 Å². The van der Waals surface area contributed by atoms with E-state index in [4.69, 9.17) is 15.0 Å². The maximum absolute atomic E-state index is 12.9. The zero-order chi connectivity index (χ0) is 18.9. The molecule has 8 heteroatoms. The Hall–Kier alpha value is -2.48. The van der Waals surface area contributed by atoms with Crippen molar-refractivity contribution in [3.05, 3.63) is 77.7 Å². The molecule has 0 radical (unpaired) electrons. The molecule has 0 bridgehead atoms. The predicted molar refractivity (Wildman–Crippen MR) is 107 cm³/mol. The zero-order valence-electron chi connectivity index (χ0n) is 15.5. The lowest BCUT2D eigenvalue weighted by Gasteiger charge is -2.19. The molecular weight excluding hydrogens is 383 g/mol. The highest BCUT2D eigenvalue weighted by Crippen LogP contribution is 2.13. The Morgan fingerprint density at radius 1 is 1.04 bits per heavy atom. The van der Waals surface area contributed by atoms with Crippen molar-refractivity contribution in [1.29, 1.82) is 0 Å². The largest absolute Gasteiger partial charge is 0.485 e. The van der Waals surface area contributed by atoms with E-state index in [1.165, 1.54) is 17.7 Å². The number of aromatic nitrogens is 2. The number of nitrogens with two attached hydrogens (primary N) is 1. The van der Waals surface area contributed by atoms with Gasteiger partial charge in [0, 0.05) is 19.6 Å². The number of nitrogens with zero attached hydrogens (tertiary/aromatic N) is 3. The van der Waals surface area contributed by atoms with Gasteiger partial charge in [0.15, 0.2) is 6.61 Å². The van der Waals surface area contributed by atoms with E-state index in [2.05, 4.69) is 27.2 Å². The van der Waals surface area contributed by atoms with Gasteiger partial charge in [0.2, 0.25) is 11.7 Å². The van der Waals surface area contributed by atoms with E-state index in [9.17, 15) is 4.39 Å². The summed E-state index contributed by atoms with van der Waals surface area (Å²) in [7, 11) is 0. The van der Waals surface area contributed by atoms with Crippen molar-refractivity contribution in [2.75, 3.05) is 19.6 Å². The third-order valence-electron chi connectivity index (χ3n) is 4.06. The van der Waals surface area contributed by atoms with Gasteiger partial charge in [-0.25, -0.2) is 4.39 Å². The van der Waals surface area contributed by atoms with Gasteiger partial charge in [-0.3, -0.25) is 4.90 Å². The van der Waals surface area contributed by atoms with Crippen molar-refractivity contribution in [3.63, 3.8) is 0 Å². The van der Waals surface area contributed by atoms with Crippen LogP contribution >= 0.6 is 12.4 Å². The molecule has 2 aromatic carbocycles. The molecule has 0 aliphatic carbocycles. The standard InChI is InChI=1S/C20H23FN4O2.ClH/c21-17-6-8-18(9-7-17)26-15-19-23-20(27-24-19)14-25(13-11-22)12-10-16-4-2-1-3-5-16;/h1-9H,10-15,22H2;1H. The lowest BCUT2D eigenvalue weighted by atomic mass is 10.1. The van der Waals surface area contributed by atoms with Crippen LogP contribution in [0.25, 0.3) is 0 Å². The van der Waals surface area contributed by atoms with E-state index >= 15 is 0 Å². The normalized spacial score (nSPS) is 10.7. The first-order valence-electron chi connectivity index (χ1n) is 8.89. The summed E-state index contributed by atoms with van der Waals surface area (Å²) in [6.07, 6.45) is 0.926. The van der Waals surface area contributed by atoms with Crippen LogP contribution in [0.15, 0.2) is 59.1 Å². The molecule has 1 aromatic heterocycles. The van der Waals surface area contributed by atoms with Crippen LogP contribution in [0.5, 0.6) is 5.75 Å². The number of benzene rings is 2. The smallest absolute Gasteiger partial charge is 0.240 e. The first-order valence-corrected chi connectivity index (χ1v) is 8.89. The molecule has 0 unspecified atom stereocenters. The van der Waals surface area contributed by atoms with Crippen LogP contribution in [0.1, 0.15) is 17.3 Å². The summed E-state index contributed by atoms with van der Waals surface area (Å²) in [6, 6.07) is 16.1. The molecule has 6 nitrogen and oxygen atoms in total. The second-order valence-corrected chi connectivity index (χ2v) is 6.15. The zero-order valence-corrected chi connectivity index (χ0v) is 16.3. The second-order valence-electron chi connectivity index (χ2n) is 6.15. The second kappa shape index (κ2) is 11.4. The monoisotopic (exact) mass is 406 g/mol. The fourth-order valence-electron chi connectivity index (χ4n) is 2.67. The van der Waals surface area contributed by atoms with Gasteiger partial charge in [-0.05, 0) is 36.2 Å². The fraction of sp³-hybridized carbons (Fsp3) is 0.300. The molecule has 0 aliphatic heterocycles. The van der Waals surface area contributed by atoms with E-state index in [0.29, 0.717) is 30.6 Å². The quantitative estimate of drug-likeness (QED) is 0.557. The average Bonchev–Trinajstić information content (AvgIpc) is 3.14. The molecule has 2 N–H and O–H groups in total. The lowest BCUT2D eigenvalue weighted by Crippen LogP contribution is -2.31. The van der Waals surface area contributed by atoms with E-state index in [1.54, 1.807) is 12.1 Å². The Labute approximate surface area is 169 Å². The van der Waals surface area contributed by atoms with E-state index in [0.717, 1.165) is 19.5 Å². The summed E-state index contributed by atoms with van der Waals surface area (Å²) in [4.78, 5) is 6.55. The SMILES string of the molecule is Cl.NCCN(CCc1ccccc1)Cc1nc(COc2ccc(F)cc2)no1. The van der Waals surface area contributed by atoms with Gasteiger partial charge < -0.3 is 15.0 Å². The third kappa shape index (κ3) is 6.92. The summed E-state index contributed by atoms with van der Waals surface area (Å²) < 4.78 is 23.8. The molecule has 3 rings (SSSR count). The van der Waals surface area contributed by atoms with Crippen LogP contribution in [-0.2, 0) is 19.6 Å².